The zero-order chi connectivity index (χ0) is 15.8. The maximum absolute atomic E-state index is 14.0. The van der Waals surface area contributed by atoms with Crippen molar-refractivity contribution in [1.29, 1.82) is 0 Å². The average molecular weight is 319 g/mol. The summed E-state index contributed by atoms with van der Waals surface area (Å²) in [7, 11) is -4.24. The summed E-state index contributed by atoms with van der Waals surface area (Å²) in [5.41, 5.74) is -1.27. The van der Waals surface area contributed by atoms with Crippen LogP contribution < -0.4 is 4.72 Å². The van der Waals surface area contributed by atoms with Gasteiger partial charge in [0.15, 0.2) is 5.82 Å². The first-order chi connectivity index (χ1) is 9.74. The number of hydrogen-bond acceptors (Lipinski definition) is 3. The molecule has 2 unspecified atom stereocenters. The molecule has 116 valence electrons. The Morgan fingerprint density at radius 3 is 2.52 bits per heavy atom. The Morgan fingerprint density at radius 1 is 1.33 bits per heavy atom. The predicted molar refractivity (Wildman–Crippen MR) is 70.4 cm³/mol. The summed E-state index contributed by atoms with van der Waals surface area (Å²) in [6.45, 7) is 1.88. The number of halogens is 2. The average Bonchev–Trinajstić information content (AvgIpc) is 2.73. The quantitative estimate of drug-likeness (QED) is 0.890. The van der Waals surface area contributed by atoms with E-state index in [0.29, 0.717) is 12.5 Å². The molecule has 2 rings (SSSR count). The van der Waals surface area contributed by atoms with Crippen molar-refractivity contribution in [3.05, 3.63) is 29.3 Å². The Morgan fingerprint density at radius 2 is 2.00 bits per heavy atom. The number of rotatable bonds is 4. The van der Waals surface area contributed by atoms with Crippen LogP contribution >= 0.6 is 0 Å². The van der Waals surface area contributed by atoms with Crippen molar-refractivity contribution in [3.63, 3.8) is 0 Å². The van der Waals surface area contributed by atoms with E-state index >= 15 is 0 Å². The maximum atomic E-state index is 14.0. The Kier molecular flexibility index (Phi) is 4.29. The van der Waals surface area contributed by atoms with Crippen molar-refractivity contribution in [2.75, 3.05) is 0 Å². The van der Waals surface area contributed by atoms with Crippen LogP contribution in [0.15, 0.2) is 17.0 Å². The smallest absolute Gasteiger partial charge is 0.341 e. The van der Waals surface area contributed by atoms with Crippen molar-refractivity contribution in [2.24, 2.45) is 5.92 Å². The number of benzene rings is 1. The van der Waals surface area contributed by atoms with Crippen molar-refractivity contribution < 1.29 is 27.1 Å². The third-order valence-corrected chi connectivity index (χ3v) is 5.23. The summed E-state index contributed by atoms with van der Waals surface area (Å²) in [4.78, 5) is 9.98. The largest absolute Gasteiger partial charge is 0.477 e. The predicted octanol–water partition coefficient (Wildman–Crippen LogP) is 2.13. The van der Waals surface area contributed by atoms with E-state index in [9.17, 15) is 22.0 Å². The van der Waals surface area contributed by atoms with Crippen molar-refractivity contribution in [2.45, 2.75) is 37.1 Å². The maximum Gasteiger partial charge on any atom is 0.341 e. The molecule has 1 aliphatic carbocycles. The Bertz CT molecular complexity index is 675. The molecule has 0 spiro atoms. The summed E-state index contributed by atoms with van der Waals surface area (Å²) >= 11 is 0. The van der Waals surface area contributed by atoms with Crippen LogP contribution in [-0.2, 0) is 10.0 Å². The summed E-state index contributed by atoms with van der Waals surface area (Å²) < 4.78 is 54.0. The molecule has 1 aromatic rings. The lowest BCUT2D eigenvalue weighted by atomic mass is 10.1. The van der Waals surface area contributed by atoms with Crippen LogP contribution in [0, 0.1) is 17.6 Å². The van der Waals surface area contributed by atoms with Crippen LogP contribution in [0.5, 0.6) is 0 Å². The summed E-state index contributed by atoms with van der Waals surface area (Å²) in [5, 5.41) is 8.77. The molecule has 0 radical (unpaired) electrons. The van der Waals surface area contributed by atoms with Gasteiger partial charge in [-0.15, -0.1) is 0 Å². The number of sulfonamides is 1. The van der Waals surface area contributed by atoms with Gasteiger partial charge >= 0.3 is 5.97 Å². The molecule has 5 nitrogen and oxygen atoms in total. The second-order valence-corrected chi connectivity index (χ2v) is 6.86. The lowest BCUT2D eigenvalue weighted by Crippen LogP contribution is -2.37. The molecule has 8 heteroatoms. The van der Waals surface area contributed by atoms with E-state index in [2.05, 4.69) is 4.72 Å². The molecule has 1 saturated carbocycles. The van der Waals surface area contributed by atoms with Crippen molar-refractivity contribution in [1.82, 2.24) is 4.72 Å². The minimum Gasteiger partial charge on any atom is -0.477 e. The molecule has 0 aromatic heterocycles. The fourth-order valence-electron chi connectivity index (χ4n) is 2.52. The minimum atomic E-state index is -4.24. The fourth-order valence-corrected chi connectivity index (χ4v) is 3.98. The van der Waals surface area contributed by atoms with E-state index in [-0.39, 0.29) is 12.0 Å². The molecule has 0 aliphatic heterocycles. The molecule has 21 heavy (non-hydrogen) atoms. The van der Waals surface area contributed by atoms with Gasteiger partial charge in [0.25, 0.3) is 0 Å². The van der Waals surface area contributed by atoms with Gasteiger partial charge < -0.3 is 5.11 Å². The number of carboxylic acids is 1. The number of carbonyl (C=O) groups is 1. The monoisotopic (exact) mass is 319 g/mol. The number of carboxylic acid groups (broad SMARTS) is 1. The molecular formula is C13H15F2NO4S. The van der Waals surface area contributed by atoms with Crippen LogP contribution in [-0.4, -0.2) is 25.5 Å². The highest BCUT2D eigenvalue weighted by molar-refractivity contribution is 7.89. The third kappa shape index (κ3) is 3.06. The topological polar surface area (TPSA) is 83.5 Å². The second kappa shape index (κ2) is 5.69. The molecule has 0 amide bonds. The molecule has 0 bridgehead atoms. The van der Waals surface area contributed by atoms with Gasteiger partial charge in [0.1, 0.15) is 16.3 Å². The molecule has 0 saturated heterocycles. The molecule has 1 aromatic carbocycles. The van der Waals surface area contributed by atoms with Gasteiger partial charge in [0.2, 0.25) is 10.0 Å². The molecule has 2 N–H and O–H groups in total. The van der Waals surface area contributed by atoms with E-state index in [1.807, 2.05) is 6.92 Å². The summed E-state index contributed by atoms with van der Waals surface area (Å²) in [6, 6.07) is 1.05. The standard InChI is InChI=1S/C13H15F2NO4S/c1-7-3-2-4-9(7)16-21(19,20)10-6-5-8(14)11(12(10)15)13(17)18/h5-7,9,16H,2-4H2,1H3,(H,17,18). The molecule has 0 heterocycles. The number of aromatic carboxylic acids is 1. The van der Waals surface area contributed by atoms with E-state index in [1.54, 1.807) is 0 Å². The van der Waals surface area contributed by atoms with Gasteiger partial charge in [-0.2, -0.15) is 0 Å². The molecule has 2 atom stereocenters. The molecule has 1 aliphatic rings. The van der Waals surface area contributed by atoms with Crippen LogP contribution in [0.25, 0.3) is 0 Å². The van der Waals surface area contributed by atoms with E-state index < -0.39 is 38.1 Å². The highest BCUT2D eigenvalue weighted by Crippen LogP contribution is 2.27. The first kappa shape index (κ1) is 15.8. The van der Waals surface area contributed by atoms with Crippen LogP contribution in [0.3, 0.4) is 0 Å². The zero-order valence-corrected chi connectivity index (χ0v) is 12.1. The molecule has 1 fully saturated rings. The van der Waals surface area contributed by atoms with Crippen molar-refractivity contribution >= 4 is 16.0 Å². The SMILES string of the molecule is CC1CCCC1NS(=O)(=O)c1ccc(F)c(C(=O)O)c1F. The van der Waals surface area contributed by atoms with Gasteiger partial charge in [0.05, 0.1) is 0 Å². The van der Waals surface area contributed by atoms with Crippen LogP contribution in [0.2, 0.25) is 0 Å². The number of hydrogen-bond donors (Lipinski definition) is 2. The molecular weight excluding hydrogens is 304 g/mol. The Labute approximate surface area is 121 Å². The summed E-state index contributed by atoms with van der Waals surface area (Å²) in [5.74, 6) is -4.63. The first-order valence-corrected chi connectivity index (χ1v) is 7.96. The van der Waals surface area contributed by atoms with Crippen LogP contribution in [0.4, 0.5) is 8.78 Å². The summed E-state index contributed by atoms with van der Waals surface area (Å²) in [6.07, 6.45) is 2.36. The van der Waals surface area contributed by atoms with Gasteiger partial charge in [-0.05, 0) is 30.9 Å². The highest BCUT2D eigenvalue weighted by Gasteiger charge is 2.32. The third-order valence-electron chi connectivity index (χ3n) is 3.73. The zero-order valence-electron chi connectivity index (χ0n) is 11.3. The van der Waals surface area contributed by atoms with Gasteiger partial charge in [-0.25, -0.2) is 26.7 Å². The Balaban J connectivity index is 2.41. The normalized spacial score (nSPS) is 22.4. The first-order valence-electron chi connectivity index (χ1n) is 6.47. The highest BCUT2D eigenvalue weighted by atomic mass is 32.2. The van der Waals surface area contributed by atoms with E-state index in [4.69, 9.17) is 5.11 Å². The lowest BCUT2D eigenvalue weighted by Gasteiger charge is -2.18. The van der Waals surface area contributed by atoms with E-state index in [0.717, 1.165) is 18.9 Å². The lowest BCUT2D eigenvalue weighted by molar-refractivity contribution is 0.0685. The minimum absolute atomic E-state index is 0.113. The van der Waals surface area contributed by atoms with Gasteiger partial charge in [0, 0.05) is 6.04 Å². The Hall–Kier alpha value is -1.54. The van der Waals surface area contributed by atoms with Crippen LogP contribution in [0.1, 0.15) is 36.5 Å². The van der Waals surface area contributed by atoms with Crippen molar-refractivity contribution in [3.8, 4) is 0 Å². The van der Waals surface area contributed by atoms with Gasteiger partial charge in [-0.1, -0.05) is 13.3 Å². The fraction of sp³-hybridized carbons (Fsp3) is 0.462. The second-order valence-electron chi connectivity index (χ2n) is 5.18. The van der Waals surface area contributed by atoms with Gasteiger partial charge in [-0.3, -0.25) is 0 Å². The van der Waals surface area contributed by atoms with E-state index in [1.165, 1.54) is 0 Å². The number of nitrogens with one attached hydrogen (secondary N) is 1.